The number of aliphatic imine (C=N–C) groups is 1. The molecule has 0 aliphatic carbocycles. The minimum Gasteiger partial charge on any atom is -0.296 e. The van der Waals surface area contributed by atoms with Crippen molar-refractivity contribution in [3.05, 3.63) is 0 Å². The highest BCUT2D eigenvalue weighted by Gasteiger charge is 2.27. The zero-order valence-electron chi connectivity index (χ0n) is 5.30. The third-order valence-electron chi connectivity index (χ3n) is 2.06. The van der Waals surface area contributed by atoms with Crippen molar-refractivity contribution in [3.63, 3.8) is 0 Å². The van der Waals surface area contributed by atoms with Crippen molar-refractivity contribution in [2.24, 2.45) is 10.9 Å². The number of hydrazine groups is 1. The van der Waals surface area contributed by atoms with E-state index in [9.17, 15) is 0 Å². The summed E-state index contributed by atoms with van der Waals surface area (Å²) < 4.78 is 0. The predicted octanol–water partition coefficient (Wildman–Crippen LogP) is -0.447. The maximum atomic E-state index is 4.19. The second-order valence-corrected chi connectivity index (χ2v) is 2.68. The van der Waals surface area contributed by atoms with E-state index in [1.807, 2.05) is 6.21 Å². The molecule has 1 saturated heterocycles. The quantitative estimate of drug-likeness (QED) is 0.460. The van der Waals surface area contributed by atoms with Crippen molar-refractivity contribution in [3.8, 4) is 0 Å². The molecule has 9 heavy (non-hydrogen) atoms. The minimum absolute atomic E-state index is 0.606. The molecule has 0 spiro atoms. The lowest BCUT2D eigenvalue weighted by Gasteiger charge is -2.17. The molecule has 0 amide bonds. The topological polar surface area (TPSA) is 36.4 Å². The van der Waals surface area contributed by atoms with E-state index in [4.69, 9.17) is 0 Å². The molecule has 0 bridgehead atoms. The number of fused-ring (bicyclic) bond motifs is 1. The molecule has 3 heteroatoms. The lowest BCUT2D eigenvalue weighted by molar-refractivity contribution is 0.465. The van der Waals surface area contributed by atoms with Gasteiger partial charge in [0.1, 0.15) is 0 Å². The van der Waals surface area contributed by atoms with Gasteiger partial charge in [-0.25, -0.2) is 0 Å². The van der Waals surface area contributed by atoms with Crippen LogP contribution >= 0.6 is 0 Å². The van der Waals surface area contributed by atoms with E-state index in [1.54, 1.807) is 0 Å². The summed E-state index contributed by atoms with van der Waals surface area (Å²) in [5.41, 5.74) is 6.33. The molecule has 0 radical (unpaired) electrons. The first kappa shape index (κ1) is 5.38. The molecule has 2 heterocycles. The lowest BCUT2D eigenvalue weighted by atomic mass is 9.97. The monoisotopic (exact) mass is 125 g/mol. The number of hydrogen-bond donors (Lipinski definition) is 2. The maximum absolute atomic E-state index is 4.19. The summed E-state index contributed by atoms with van der Waals surface area (Å²) in [6.45, 7) is 2.06. The highest BCUT2D eigenvalue weighted by molar-refractivity contribution is 5.59. The Morgan fingerprint density at radius 2 is 2.56 bits per heavy atom. The standard InChI is InChI=1S/C6H11N3/c1-2-7-4-6-5(1)3-8-9-6/h2,5-6,8-9H,1,3-4H2. The molecule has 2 rings (SSSR count). The Balaban J connectivity index is 2.07. The number of nitrogens with one attached hydrogen (secondary N) is 2. The van der Waals surface area contributed by atoms with Gasteiger partial charge in [0.05, 0.1) is 6.54 Å². The van der Waals surface area contributed by atoms with E-state index >= 15 is 0 Å². The fraction of sp³-hybridized carbons (Fsp3) is 0.833. The first-order valence-corrected chi connectivity index (χ1v) is 3.43. The van der Waals surface area contributed by atoms with E-state index in [1.165, 1.54) is 0 Å². The normalized spacial score (nSPS) is 40.9. The summed E-state index contributed by atoms with van der Waals surface area (Å²) in [5.74, 6) is 0.794. The van der Waals surface area contributed by atoms with Crippen molar-refractivity contribution in [2.45, 2.75) is 12.5 Å². The predicted molar refractivity (Wildman–Crippen MR) is 36.4 cm³/mol. The highest BCUT2D eigenvalue weighted by atomic mass is 15.4. The van der Waals surface area contributed by atoms with Gasteiger partial charge in [-0.05, 0) is 18.6 Å². The highest BCUT2D eigenvalue weighted by Crippen LogP contribution is 2.14. The van der Waals surface area contributed by atoms with Crippen LogP contribution in [0.4, 0.5) is 0 Å². The van der Waals surface area contributed by atoms with Crippen LogP contribution in [0.15, 0.2) is 4.99 Å². The van der Waals surface area contributed by atoms with Gasteiger partial charge >= 0.3 is 0 Å². The molecule has 2 N–H and O–H groups in total. The van der Waals surface area contributed by atoms with Crippen molar-refractivity contribution in [1.29, 1.82) is 0 Å². The van der Waals surface area contributed by atoms with Gasteiger partial charge in [0.15, 0.2) is 0 Å². The second-order valence-electron chi connectivity index (χ2n) is 2.68. The van der Waals surface area contributed by atoms with Crippen LogP contribution in [0.25, 0.3) is 0 Å². The van der Waals surface area contributed by atoms with Crippen molar-refractivity contribution < 1.29 is 0 Å². The molecule has 2 atom stereocenters. The first-order chi connectivity index (χ1) is 4.47. The van der Waals surface area contributed by atoms with Crippen LogP contribution in [0.2, 0.25) is 0 Å². The number of rotatable bonds is 0. The van der Waals surface area contributed by atoms with E-state index in [-0.39, 0.29) is 0 Å². The first-order valence-electron chi connectivity index (χ1n) is 3.43. The maximum Gasteiger partial charge on any atom is 0.0555 e. The van der Waals surface area contributed by atoms with Crippen LogP contribution in [-0.2, 0) is 0 Å². The molecule has 2 aliphatic heterocycles. The van der Waals surface area contributed by atoms with Crippen LogP contribution in [-0.4, -0.2) is 25.3 Å². The minimum atomic E-state index is 0.606. The van der Waals surface area contributed by atoms with E-state index in [2.05, 4.69) is 15.8 Å². The summed E-state index contributed by atoms with van der Waals surface area (Å²) in [6, 6.07) is 0.606. The SMILES string of the molecule is C1=NCC2NNCC2C1. The van der Waals surface area contributed by atoms with Crippen molar-refractivity contribution >= 4 is 6.21 Å². The molecule has 2 aliphatic rings. The molecule has 0 aromatic heterocycles. The summed E-state index contributed by atoms with van der Waals surface area (Å²) in [7, 11) is 0. The summed E-state index contributed by atoms with van der Waals surface area (Å²) in [6.07, 6.45) is 3.18. The average molecular weight is 125 g/mol. The third kappa shape index (κ3) is 0.862. The molecule has 0 aromatic carbocycles. The number of hydrogen-bond acceptors (Lipinski definition) is 3. The van der Waals surface area contributed by atoms with Crippen LogP contribution in [0.5, 0.6) is 0 Å². The molecule has 50 valence electrons. The fourth-order valence-corrected chi connectivity index (χ4v) is 1.42. The molecule has 2 unspecified atom stereocenters. The largest absolute Gasteiger partial charge is 0.296 e. The van der Waals surface area contributed by atoms with Crippen molar-refractivity contribution in [1.82, 2.24) is 10.9 Å². The Morgan fingerprint density at radius 1 is 1.56 bits per heavy atom. The Hall–Kier alpha value is -0.410. The average Bonchev–Trinajstić information content (AvgIpc) is 2.33. The number of nitrogens with zero attached hydrogens (tertiary/aromatic N) is 1. The smallest absolute Gasteiger partial charge is 0.0555 e. The fourth-order valence-electron chi connectivity index (χ4n) is 1.42. The summed E-state index contributed by atoms with van der Waals surface area (Å²) in [5, 5.41) is 0. The Kier molecular flexibility index (Phi) is 1.24. The lowest BCUT2D eigenvalue weighted by Crippen LogP contribution is -2.35. The summed E-state index contributed by atoms with van der Waals surface area (Å²) in [4.78, 5) is 4.19. The van der Waals surface area contributed by atoms with Gasteiger partial charge in [0.25, 0.3) is 0 Å². The van der Waals surface area contributed by atoms with E-state index in [0.29, 0.717) is 6.04 Å². The van der Waals surface area contributed by atoms with Crippen LogP contribution in [0.3, 0.4) is 0 Å². The zero-order chi connectivity index (χ0) is 6.10. The Labute approximate surface area is 54.5 Å². The molecule has 1 fully saturated rings. The van der Waals surface area contributed by atoms with Gasteiger partial charge in [0.2, 0.25) is 0 Å². The van der Waals surface area contributed by atoms with Gasteiger partial charge in [-0.1, -0.05) is 0 Å². The summed E-state index contributed by atoms with van der Waals surface area (Å²) >= 11 is 0. The Bertz CT molecular complexity index is 118. The molecule has 3 nitrogen and oxygen atoms in total. The third-order valence-corrected chi connectivity index (χ3v) is 2.06. The van der Waals surface area contributed by atoms with Gasteiger partial charge in [-0.2, -0.15) is 0 Å². The van der Waals surface area contributed by atoms with Gasteiger partial charge in [-0.15, -0.1) is 0 Å². The van der Waals surface area contributed by atoms with Crippen LogP contribution in [0, 0.1) is 5.92 Å². The zero-order valence-corrected chi connectivity index (χ0v) is 5.30. The van der Waals surface area contributed by atoms with Crippen molar-refractivity contribution in [2.75, 3.05) is 13.1 Å². The molecule has 0 aromatic rings. The molecular weight excluding hydrogens is 114 g/mol. The van der Waals surface area contributed by atoms with Gasteiger partial charge in [0, 0.05) is 12.6 Å². The second kappa shape index (κ2) is 2.08. The Morgan fingerprint density at radius 3 is 3.44 bits per heavy atom. The van der Waals surface area contributed by atoms with Gasteiger partial charge in [-0.3, -0.25) is 15.8 Å². The van der Waals surface area contributed by atoms with E-state index in [0.717, 1.165) is 25.4 Å². The van der Waals surface area contributed by atoms with Gasteiger partial charge < -0.3 is 0 Å². The van der Waals surface area contributed by atoms with Crippen LogP contribution < -0.4 is 10.9 Å². The molecular formula is C6H11N3. The molecule has 0 saturated carbocycles. The van der Waals surface area contributed by atoms with Crippen LogP contribution in [0.1, 0.15) is 6.42 Å². The van der Waals surface area contributed by atoms with E-state index < -0.39 is 0 Å².